The fraction of sp³-hybridized carbons (Fsp3) is 0.364. The predicted molar refractivity (Wildman–Crippen MR) is 117 cm³/mol. The van der Waals surface area contributed by atoms with Crippen molar-refractivity contribution in [3.8, 4) is 11.4 Å². The smallest absolute Gasteiger partial charge is 0.251 e. The van der Waals surface area contributed by atoms with Gasteiger partial charge in [0, 0.05) is 29.1 Å². The zero-order valence-electron chi connectivity index (χ0n) is 17.2. The first-order valence-electron chi connectivity index (χ1n) is 10.6. The number of amides is 1. The van der Waals surface area contributed by atoms with Crippen LogP contribution < -0.4 is 11.1 Å². The maximum atomic E-state index is 12.5. The number of benzene rings is 1. The minimum Gasteiger partial charge on any atom is -0.383 e. The van der Waals surface area contributed by atoms with E-state index in [1.807, 2.05) is 29.8 Å². The van der Waals surface area contributed by atoms with E-state index < -0.39 is 0 Å². The number of ether oxygens (including phenoxy) is 1. The number of aromatic amines is 1. The number of fused-ring (bicyclic) bond motifs is 2. The second-order valence-electron chi connectivity index (χ2n) is 8.40. The van der Waals surface area contributed by atoms with Crippen LogP contribution in [0.15, 0.2) is 24.5 Å². The standard InChI is InChI=1S/C22H23N7O2/c1-11-15-5-2-12(22(30)26-13-3-4-13)8-16(15)27-18(11)19-17-20(23)24-10-25-21(17)29(28-19)14-6-7-31-9-14/h2,5,8,10,13-14,27H,3-4,6-7,9H2,1H3,(H,26,30)(H2,23,24,25). The lowest BCUT2D eigenvalue weighted by molar-refractivity contribution is 0.0951. The Morgan fingerprint density at radius 2 is 2.16 bits per heavy atom. The Labute approximate surface area is 178 Å². The molecule has 3 aromatic heterocycles. The van der Waals surface area contributed by atoms with Crippen molar-refractivity contribution in [1.29, 1.82) is 0 Å². The van der Waals surface area contributed by atoms with Gasteiger partial charge in [0.15, 0.2) is 5.65 Å². The number of hydrogen-bond donors (Lipinski definition) is 3. The van der Waals surface area contributed by atoms with Gasteiger partial charge in [-0.05, 0) is 43.9 Å². The molecule has 1 aliphatic carbocycles. The summed E-state index contributed by atoms with van der Waals surface area (Å²) in [6, 6.07) is 6.19. The minimum atomic E-state index is -0.0354. The molecule has 2 fully saturated rings. The summed E-state index contributed by atoms with van der Waals surface area (Å²) < 4.78 is 7.48. The Morgan fingerprint density at radius 3 is 2.94 bits per heavy atom. The van der Waals surface area contributed by atoms with Crippen LogP contribution in [0.3, 0.4) is 0 Å². The topological polar surface area (TPSA) is 124 Å². The van der Waals surface area contributed by atoms with Crippen molar-refractivity contribution >= 4 is 33.7 Å². The molecule has 4 N–H and O–H groups in total. The number of carbonyl (C=O) groups excluding carboxylic acids is 1. The Bertz CT molecular complexity index is 1330. The van der Waals surface area contributed by atoms with Crippen LogP contribution in [0.1, 0.15) is 41.2 Å². The van der Waals surface area contributed by atoms with Crippen LogP contribution in [-0.4, -0.2) is 49.9 Å². The first-order valence-corrected chi connectivity index (χ1v) is 10.6. The van der Waals surface area contributed by atoms with E-state index in [0.29, 0.717) is 36.3 Å². The lowest BCUT2D eigenvalue weighted by Gasteiger charge is -2.08. The van der Waals surface area contributed by atoms with Gasteiger partial charge in [0.1, 0.15) is 17.8 Å². The van der Waals surface area contributed by atoms with Crippen molar-refractivity contribution in [2.75, 3.05) is 18.9 Å². The molecule has 0 radical (unpaired) electrons. The van der Waals surface area contributed by atoms with Crippen LogP contribution in [0.2, 0.25) is 0 Å². The van der Waals surface area contributed by atoms with Gasteiger partial charge in [-0.1, -0.05) is 6.07 Å². The summed E-state index contributed by atoms with van der Waals surface area (Å²) in [6.45, 7) is 3.35. The molecule has 1 atom stereocenters. The van der Waals surface area contributed by atoms with Crippen LogP contribution in [0, 0.1) is 6.92 Å². The SMILES string of the molecule is Cc1c(-c2nn(C3CCOC3)c3ncnc(N)c23)[nH]c2cc(C(=O)NC3CC3)ccc12. The maximum Gasteiger partial charge on any atom is 0.251 e. The highest BCUT2D eigenvalue weighted by atomic mass is 16.5. The molecular weight excluding hydrogens is 394 g/mol. The van der Waals surface area contributed by atoms with Crippen molar-refractivity contribution in [2.45, 2.75) is 38.3 Å². The van der Waals surface area contributed by atoms with E-state index in [-0.39, 0.29) is 11.9 Å². The summed E-state index contributed by atoms with van der Waals surface area (Å²) in [4.78, 5) is 24.6. The first-order chi connectivity index (χ1) is 15.1. The average molecular weight is 417 g/mol. The third-order valence-electron chi connectivity index (χ3n) is 6.24. The monoisotopic (exact) mass is 417 g/mol. The number of nitrogens with one attached hydrogen (secondary N) is 2. The van der Waals surface area contributed by atoms with E-state index in [1.54, 1.807) is 0 Å². The average Bonchev–Trinajstić information content (AvgIpc) is 3.16. The molecular formula is C22H23N7O2. The summed E-state index contributed by atoms with van der Waals surface area (Å²) in [7, 11) is 0. The Morgan fingerprint density at radius 1 is 1.29 bits per heavy atom. The molecule has 158 valence electrons. The normalized spacial score (nSPS) is 18.8. The number of anilines is 1. The third-order valence-corrected chi connectivity index (χ3v) is 6.24. The minimum absolute atomic E-state index is 0.0354. The highest BCUT2D eigenvalue weighted by molar-refractivity contribution is 6.03. The molecule has 9 nitrogen and oxygen atoms in total. The van der Waals surface area contributed by atoms with Crippen molar-refractivity contribution < 1.29 is 9.53 Å². The van der Waals surface area contributed by atoms with E-state index >= 15 is 0 Å². The molecule has 1 aliphatic heterocycles. The zero-order valence-corrected chi connectivity index (χ0v) is 17.2. The fourth-order valence-electron chi connectivity index (χ4n) is 4.35. The number of carbonyl (C=O) groups is 1. The molecule has 1 aromatic carbocycles. The van der Waals surface area contributed by atoms with Crippen LogP contribution >= 0.6 is 0 Å². The van der Waals surface area contributed by atoms with Gasteiger partial charge in [-0.2, -0.15) is 5.10 Å². The van der Waals surface area contributed by atoms with Gasteiger partial charge in [-0.15, -0.1) is 0 Å². The second-order valence-corrected chi connectivity index (χ2v) is 8.40. The van der Waals surface area contributed by atoms with E-state index in [9.17, 15) is 4.79 Å². The van der Waals surface area contributed by atoms with E-state index in [4.69, 9.17) is 15.6 Å². The fourth-order valence-corrected chi connectivity index (χ4v) is 4.35. The van der Waals surface area contributed by atoms with E-state index in [1.165, 1.54) is 6.33 Å². The summed E-state index contributed by atoms with van der Waals surface area (Å²) in [6.07, 6.45) is 4.47. The van der Waals surface area contributed by atoms with Gasteiger partial charge < -0.3 is 20.8 Å². The highest BCUT2D eigenvalue weighted by Crippen LogP contribution is 2.37. The third kappa shape index (κ3) is 2.96. The second kappa shape index (κ2) is 6.78. The van der Waals surface area contributed by atoms with Crippen LogP contribution in [0.25, 0.3) is 33.3 Å². The Kier molecular flexibility index (Phi) is 4.01. The van der Waals surface area contributed by atoms with Crippen molar-refractivity contribution in [3.05, 3.63) is 35.7 Å². The predicted octanol–water partition coefficient (Wildman–Crippen LogP) is 2.72. The number of aryl methyl sites for hydroxylation is 1. The van der Waals surface area contributed by atoms with E-state index in [2.05, 4.69) is 20.3 Å². The number of rotatable bonds is 4. The summed E-state index contributed by atoms with van der Waals surface area (Å²) in [5.74, 6) is 0.361. The van der Waals surface area contributed by atoms with Gasteiger partial charge in [-0.25, -0.2) is 14.6 Å². The zero-order chi connectivity index (χ0) is 21.1. The molecule has 1 saturated heterocycles. The molecule has 6 rings (SSSR count). The highest BCUT2D eigenvalue weighted by Gasteiger charge is 2.27. The van der Waals surface area contributed by atoms with Gasteiger partial charge in [-0.3, -0.25) is 4.79 Å². The lowest BCUT2D eigenvalue weighted by Crippen LogP contribution is -2.25. The van der Waals surface area contributed by atoms with Crippen molar-refractivity contribution in [2.24, 2.45) is 0 Å². The molecule has 4 heterocycles. The van der Waals surface area contributed by atoms with Gasteiger partial charge in [0.25, 0.3) is 5.91 Å². The summed E-state index contributed by atoms with van der Waals surface area (Å²) in [5.41, 5.74) is 11.1. The van der Waals surface area contributed by atoms with Crippen LogP contribution in [-0.2, 0) is 4.74 Å². The molecule has 2 aliphatic rings. The molecule has 1 amide bonds. The number of nitrogen functional groups attached to an aromatic ring is 1. The molecule has 0 spiro atoms. The number of nitrogens with two attached hydrogens (primary N) is 1. The molecule has 0 bridgehead atoms. The molecule has 9 heteroatoms. The Balaban J connectivity index is 1.49. The number of H-pyrrole nitrogens is 1. The van der Waals surface area contributed by atoms with Gasteiger partial charge in [0.2, 0.25) is 0 Å². The molecule has 1 saturated carbocycles. The maximum absolute atomic E-state index is 12.5. The lowest BCUT2D eigenvalue weighted by atomic mass is 10.1. The van der Waals surface area contributed by atoms with Gasteiger partial charge in [0.05, 0.1) is 23.7 Å². The quantitative estimate of drug-likeness (QED) is 0.469. The summed E-state index contributed by atoms with van der Waals surface area (Å²) >= 11 is 0. The molecule has 4 aromatic rings. The molecule has 1 unspecified atom stereocenters. The Hall–Kier alpha value is -3.46. The van der Waals surface area contributed by atoms with Crippen molar-refractivity contribution in [1.82, 2.24) is 30.0 Å². The first kappa shape index (κ1) is 18.3. The van der Waals surface area contributed by atoms with Gasteiger partial charge >= 0.3 is 0 Å². The number of hydrogen-bond acceptors (Lipinski definition) is 6. The van der Waals surface area contributed by atoms with Crippen LogP contribution in [0.5, 0.6) is 0 Å². The van der Waals surface area contributed by atoms with Crippen molar-refractivity contribution in [3.63, 3.8) is 0 Å². The van der Waals surface area contributed by atoms with Crippen LogP contribution in [0.4, 0.5) is 5.82 Å². The summed E-state index contributed by atoms with van der Waals surface area (Å²) in [5, 5.41) is 9.72. The number of aromatic nitrogens is 5. The number of nitrogens with zero attached hydrogens (tertiary/aromatic N) is 4. The largest absolute Gasteiger partial charge is 0.383 e. The van der Waals surface area contributed by atoms with E-state index in [0.717, 1.165) is 52.5 Å². The molecule has 31 heavy (non-hydrogen) atoms.